The Morgan fingerprint density at radius 3 is 2.45 bits per heavy atom. The largest absolute Gasteiger partial charge is 0.399 e. The first-order valence-corrected chi connectivity index (χ1v) is 10.9. The minimum atomic E-state index is -1.82. The van der Waals surface area contributed by atoms with Crippen LogP contribution in [0.25, 0.3) is 0 Å². The number of amides is 1. The Morgan fingerprint density at radius 2 is 1.82 bits per heavy atom. The summed E-state index contributed by atoms with van der Waals surface area (Å²) in [4.78, 5) is 14.8. The lowest BCUT2D eigenvalue weighted by Gasteiger charge is -2.45. The Labute approximate surface area is 201 Å². The van der Waals surface area contributed by atoms with Gasteiger partial charge in [-0.15, -0.1) is 0 Å². The average Bonchev–Trinajstić information content (AvgIpc) is 2.83. The first-order chi connectivity index (χ1) is 15.9. The number of nitrogens with zero attached hydrogens (tertiary/aromatic N) is 4. The highest BCUT2D eigenvalue weighted by molar-refractivity contribution is 6.31. The van der Waals surface area contributed by atoms with E-state index in [0.29, 0.717) is 26.7 Å². The standard InChI is InChI=1S/C25H17Cl2N5O/c26-16-5-3-4-15(10-16)24(33)32-9-8-17-19(11-28)23(31)25(13-29,14-30)22(20(17)12-32)18-6-1-2-7-21(18)27/h1-8,10,20,22H,9,12,31H2. The van der Waals surface area contributed by atoms with Crippen LogP contribution in [0.15, 0.2) is 71.5 Å². The van der Waals surface area contributed by atoms with E-state index in [-0.39, 0.29) is 30.3 Å². The monoisotopic (exact) mass is 473 g/mol. The van der Waals surface area contributed by atoms with E-state index < -0.39 is 17.3 Å². The van der Waals surface area contributed by atoms with Gasteiger partial charge in [0, 0.05) is 40.5 Å². The van der Waals surface area contributed by atoms with Crippen LogP contribution in [0.5, 0.6) is 0 Å². The van der Waals surface area contributed by atoms with Crippen molar-refractivity contribution in [2.75, 3.05) is 13.1 Å². The van der Waals surface area contributed by atoms with Crippen molar-refractivity contribution >= 4 is 29.1 Å². The number of rotatable bonds is 2. The summed E-state index contributed by atoms with van der Waals surface area (Å²) in [5.74, 6) is -1.56. The topological polar surface area (TPSA) is 118 Å². The summed E-state index contributed by atoms with van der Waals surface area (Å²) in [6.45, 7) is 0.424. The predicted molar refractivity (Wildman–Crippen MR) is 124 cm³/mol. The molecule has 1 amide bonds. The molecule has 162 valence electrons. The molecule has 8 heteroatoms. The van der Waals surface area contributed by atoms with Gasteiger partial charge in [-0.05, 0) is 35.4 Å². The Hall–Kier alpha value is -3.76. The minimum absolute atomic E-state index is 0.0861. The van der Waals surface area contributed by atoms with E-state index in [2.05, 4.69) is 18.2 Å². The van der Waals surface area contributed by atoms with Crippen molar-refractivity contribution in [1.82, 2.24) is 4.90 Å². The summed E-state index contributed by atoms with van der Waals surface area (Å²) in [7, 11) is 0. The number of halogens is 2. The van der Waals surface area contributed by atoms with E-state index in [1.54, 1.807) is 59.5 Å². The number of allylic oxidation sites excluding steroid dienone is 2. The molecule has 1 heterocycles. The molecule has 0 saturated heterocycles. The first-order valence-electron chi connectivity index (χ1n) is 10.1. The van der Waals surface area contributed by atoms with Crippen LogP contribution in [0, 0.1) is 45.3 Å². The fourth-order valence-corrected chi connectivity index (χ4v) is 5.16. The van der Waals surface area contributed by atoms with Crippen molar-refractivity contribution in [2.24, 2.45) is 17.1 Å². The minimum Gasteiger partial charge on any atom is -0.399 e. The van der Waals surface area contributed by atoms with Crippen molar-refractivity contribution in [3.05, 3.63) is 92.6 Å². The molecule has 6 nitrogen and oxygen atoms in total. The molecule has 33 heavy (non-hydrogen) atoms. The van der Waals surface area contributed by atoms with Crippen LogP contribution >= 0.6 is 23.2 Å². The normalized spacial score (nSPS) is 21.2. The number of carbonyl (C=O) groups is 1. The quantitative estimate of drug-likeness (QED) is 0.685. The molecule has 2 aromatic rings. The molecule has 2 atom stereocenters. The van der Waals surface area contributed by atoms with Crippen LogP contribution in [0.1, 0.15) is 21.8 Å². The summed E-state index contributed by atoms with van der Waals surface area (Å²) in [6, 6.07) is 19.8. The highest BCUT2D eigenvalue weighted by atomic mass is 35.5. The van der Waals surface area contributed by atoms with Gasteiger partial charge < -0.3 is 10.6 Å². The fraction of sp³-hybridized carbons (Fsp3) is 0.200. The molecule has 4 rings (SSSR count). The number of nitrogens with two attached hydrogens (primary N) is 1. The smallest absolute Gasteiger partial charge is 0.254 e. The van der Waals surface area contributed by atoms with Gasteiger partial charge in [0.05, 0.1) is 23.4 Å². The molecule has 2 N–H and O–H groups in total. The van der Waals surface area contributed by atoms with Crippen molar-refractivity contribution < 1.29 is 4.79 Å². The van der Waals surface area contributed by atoms with Crippen LogP contribution in [-0.2, 0) is 0 Å². The molecule has 2 unspecified atom stereocenters. The highest BCUT2D eigenvalue weighted by Crippen LogP contribution is 2.55. The molecule has 0 fully saturated rings. The Morgan fingerprint density at radius 1 is 1.09 bits per heavy atom. The predicted octanol–water partition coefficient (Wildman–Crippen LogP) is 4.56. The molecule has 2 aliphatic rings. The zero-order valence-electron chi connectivity index (χ0n) is 17.3. The molecular weight excluding hydrogens is 457 g/mol. The third-order valence-electron chi connectivity index (χ3n) is 6.26. The van der Waals surface area contributed by atoms with Crippen molar-refractivity contribution in [2.45, 2.75) is 5.92 Å². The number of fused-ring (bicyclic) bond motifs is 1. The molecule has 0 saturated carbocycles. The lowest BCUT2D eigenvalue weighted by molar-refractivity contribution is 0.0728. The van der Waals surface area contributed by atoms with Gasteiger partial charge in [-0.25, -0.2) is 0 Å². The molecule has 2 aromatic carbocycles. The molecule has 1 aliphatic heterocycles. The summed E-state index contributed by atoms with van der Waals surface area (Å²) in [5, 5.41) is 31.0. The van der Waals surface area contributed by atoms with E-state index in [4.69, 9.17) is 28.9 Å². The zero-order chi connectivity index (χ0) is 23.8. The third-order valence-corrected chi connectivity index (χ3v) is 6.84. The lowest BCUT2D eigenvalue weighted by Crippen LogP contribution is -2.49. The van der Waals surface area contributed by atoms with Gasteiger partial charge in [-0.2, -0.15) is 15.8 Å². The van der Waals surface area contributed by atoms with E-state index in [0.717, 1.165) is 0 Å². The van der Waals surface area contributed by atoms with Gasteiger partial charge in [0.2, 0.25) is 0 Å². The number of carbonyl (C=O) groups excluding carboxylic acids is 1. The molecule has 1 aliphatic carbocycles. The van der Waals surface area contributed by atoms with Crippen LogP contribution in [0.3, 0.4) is 0 Å². The van der Waals surface area contributed by atoms with Gasteiger partial charge in [0.1, 0.15) is 6.07 Å². The SMILES string of the molecule is N#CC1=C(N)C(C#N)(C#N)C(c2ccccc2Cl)C2CN(C(=O)c3cccc(Cl)c3)CC=C12. The molecular formula is C25H17Cl2N5O. The number of benzene rings is 2. The second-order valence-corrected chi connectivity index (χ2v) is 8.76. The maximum atomic E-state index is 13.2. The summed E-state index contributed by atoms with van der Waals surface area (Å²) >= 11 is 12.6. The fourth-order valence-electron chi connectivity index (χ4n) is 4.72. The second-order valence-electron chi connectivity index (χ2n) is 7.92. The lowest BCUT2D eigenvalue weighted by atomic mass is 9.58. The zero-order valence-corrected chi connectivity index (χ0v) is 18.8. The number of hydrogen-bond acceptors (Lipinski definition) is 5. The van der Waals surface area contributed by atoms with Crippen molar-refractivity contribution in [1.29, 1.82) is 15.8 Å². The van der Waals surface area contributed by atoms with Gasteiger partial charge in [0.15, 0.2) is 5.41 Å². The van der Waals surface area contributed by atoms with Gasteiger partial charge in [0.25, 0.3) is 5.91 Å². The molecule has 0 bridgehead atoms. The summed E-state index contributed by atoms with van der Waals surface area (Å²) in [5.41, 5.74) is 6.13. The highest BCUT2D eigenvalue weighted by Gasteiger charge is 2.55. The number of nitriles is 3. The van der Waals surface area contributed by atoms with Crippen LogP contribution in [0.2, 0.25) is 10.0 Å². The molecule has 0 aromatic heterocycles. The summed E-state index contributed by atoms with van der Waals surface area (Å²) in [6.07, 6.45) is 1.77. The van der Waals surface area contributed by atoms with E-state index in [1.165, 1.54) is 0 Å². The second kappa shape index (κ2) is 8.64. The average molecular weight is 474 g/mol. The number of hydrogen-bond donors (Lipinski definition) is 1. The van der Waals surface area contributed by atoms with E-state index in [1.807, 2.05) is 0 Å². The summed E-state index contributed by atoms with van der Waals surface area (Å²) < 4.78 is 0. The van der Waals surface area contributed by atoms with E-state index in [9.17, 15) is 20.6 Å². The molecule has 0 radical (unpaired) electrons. The molecule has 0 spiro atoms. The van der Waals surface area contributed by atoms with Crippen molar-refractivity contribution in [3.63, 3.8) is 0 Å². The maximum absolute atomic E-state index is 13.2. The third kappa shape index (κ3) is 3.53. The first kappa shape index (κ1) is 22.4. The Kier molecular flexibility index (Phi) is 5.88. The maximum Gasteiger partial charge on any atom is 0.254 e. The van der Waals surface area contributed by atoms with Crippen LogP contribution < -0.4 is 5.73 Å². The van der Waals surface area contributed by atoms with Crippen molar-refractivity contribution in [3.8, 4) is 18.2 Å². The van der Waals surface area contributed by atoms with Gasteiger partial charge in [-0.3, -0.25) is 4.79 Å². The Bertz CT molecular complexity index is 1330. The van der Waals surface area contributed by atoms with Gasteiger partial charge in [-0.1, -0.05) is 53.5 Å². The Balaban J connectivity index is 1.89. The van der Waals surface area contributed by atoms with Crippen LogP contribution in [0.4, 0.5) is 0 Å². The van der Waals surface area contributed by atoms with Crippen LogP contribution in [-0.4, -0.2) is 23.9 Å². The van der Waals surface area contributed by atoms with Gasteiger partial charge >= 0.3 is 0 Å². The van der Waals surface area contributed by atoms with E-state index >= 15 is 0 Å².